The van der Waals surface area contributed by atoms with Gasteiger partial charge in [0.1, 0.15) is 19.7 Å². The third-order valence-corrected chi connectivity index (χ3v) is 1.41. The summed E-state index contributed by atoms with van der Waals surface area (Å²) in [7, 11) is 1.51. The molecule has 1 atom stereocenters. The topological polar surface area (TPSA) is 272 Å². The molecule has 186 valence electrons. The van der Waals surface area contributed by atoms with E-state index in [0.29, 0.717) is 13.2 Å². The van der Waals surface area contributed by atoms with E-state index in [1.165, 1.54) is 7.11 Å². The van der Waals surface area contributed by atoms with E-state index in [4.69, 9.17) is 43.6 Å². The van der Waals surface area contributed by atoms with Gasteiger partial charge < -0.3 is 51.1 Å². The minimum Gasteiger partial charge on any atom is -0.412 e. The second-order valence-electron chi connectivity index (χ2n) is 3.09. The van der Waals surface area contributed by atoms with Crippen molar-refractivity contribution in [2.24, 2.45) is 0 Å². The Morgan fingerprint density at radius 2 is 1.10 bits per heavy atom. The molecule has 0 aliphatic carbocycles. The number of aliphatic hydroxyl groups is 2. The lowest BCUT2D eigenvalue weighted by atomic mass is 10.4. The summed E-state index contributed by atoms with van der Waals surface area (Å²) in [5.41, 5.74) is 0. The SMILES string of the molecule is COCC(O)COCOCCOCO.O.O.O.O.O=CC=O.O=CC=O.[SiH4].[SiH4].[SiH4]. The third kappa shape index (κ3) is 100. The number of aldehydes is 4. The maximum atomic E-state index is 9.13. The minimum atomic E-state index is -0.628. The predicted molar refractivity (Wildman–Crippen MR) is 120 cm³/mol. The van der Waals surface area contributed by atoms with Crippen molar-refractivity contribution in [2.45, 2.75) is 6.10 Å². The van der Waals surface area contributed by atoms with Crippen LogP contribution in [-0.4, -0.2) is 143 Å². The van der Waals surface area contributed by atoms with Gasteiger partial charge in [-0.15, -0.1) is 0 Å². The van der Waals surface area contributed by atoms with E-state index in [9.17, 15) is 0 Å². The zero-order valence-corrected chi connectivity index (χ0v) is 14.3. The number of hydrogen-bond acceptors (Lipinski definition) is 10. The van der Waals surface area contributed by atoms with Crippen LogP contribution in [0.3, 0.4) is 0 Å². The number of carbonyl (C=O) groups excluding carboxylic acids is 4. The highest BCUT2D eigenvalue weighted by atomic mass is 28.1. The summed E-state index contributed by atoms with van der Waals surface area (Å²) in [4.78, 5) is 35.2. The van der Waals surface area contributed by atoms with Gasteiger partial charge in [-0.1, -0.05) is 0 Å². The first-order valence-electron chi connectivity index (χ1n) is 5.93. The van der Waals surface area contributed by atoms with E-state index in [2.05, 4.69) is 4.74 Å². The zero-order chi connectivity index (χ0) is 17.5. The van der Waals surface area contributed by atoms with Crippen molar-refractivity contribution >= 4 is 58.0 Å². The van der Waals surface area contributed by atoms with Gasteiger partial charge in [-0.05, 0) is 32.9 Å². The molecule has 10 N–H and O–H groups in total. The second kappa shape index (κ2) is 71.4. The molecule has 0 heterocycles. The molecule has 0 aromatic rings. The largest absolute Gasteiger partial charge is 0.412 e. The second-order valence-corrected chi connectivity index (χ2v) is 3.09. The van der Waals surface area contributed by atoms with E-state index in [1.807, 2.05) is 0 Å². The van der Waals surface area contributed by atoms with Gasteiger partial charge in [0.25, 0.3) is 0 Å². The van der Waals surface area contributed by atoms with Crippen LogP contribution in [0.2, 0.25) is 0 Å². The summed E-state index contributed by atoms with van der Waals surface area (Å²) in [6.07, 6.45) is 0.150. The van der Waals surface area contributed by atoms with Gasteiger partial charge in [-0.25, -0.2) is 0 Å². The number of hydrogen-bond donors (Lipinski definition) is 2. The third-order valence-electron chi connectivity index (χ3n) is 1.41. The average molecular weight is 495 g/mol. The fourth-order valence-electron chi connectivity index (χ4n) is 0.725. The monoisotopic (exact) mass is 494 g/mol. The highest BCUT2D eigenvalue weighted by molar-refractivity contribution is 6.09. The molecule has 0 aromatic heterocycles. The molecular formula is C12H42O14Si3. The molecule has 0 fully saturated rings. The van der Waals surface area contributed by atoms with Gasteiger partial charge in [-0.3, -0.25) is 19.2 Å². The molecule has 0 aliphatic heterocycles. The molecule has 0 spiro atoms. The van der Waals surface area contributed by atoms with E-state index in [0.717, 1.165) is 0 Å². The minimum absolute atomic E-state index is 0. The Balaban J connectivity index is -0.0000000263. The van der Waals surface area contributed by atoms with Crippen molar-refractivity contribution in [3.05, 3.63) is 0 Å². The maximum absolute atomic E-state index is 9.13. The fraction of sp³-hybridized carbons (Fsp3) is 0.667. The summed E-state index contributed by atoms with van der Waals surface area (Å²) >= 11 is 0. The van der Waals surface area contributed by atoms with Gasteiger partial charge in [-0.2, -0.15) is 0 Å². The van der Waals surface area contributed by atoms with Gasteiger partial charge in [0, 0.05) is 7.11 Å². The molecule has 0 amide bonds. The molecule has 14 nitrogen and oxygen atoms in total. The Kier molecular flexibility index (Phi) is 155. The van der Waals surface area contributed by atoms with Crippen LogP contribution in [0.4, 0.5) is 0 Å². The van der Waals surface area contributed by atoms with Crippen LogP contribution in [0.1, 0.15) is 0 Å². The standard InChI is InChI=1S/C8H18O6.2C2H2O2.4H2O.3H4Si/c1-11-4-8(10)5-14-7-13-3-2-12-6-9;2*3-1-2-4;;;;;;;/h8-10H,2-7H2,1H3;2*1-2H;4*1H2;3*1H4. The molecule has 0 aromatic carbocycles. The van der Waals surface area contributed by atoms with Crippen LogP contribution in [0.5, 0.6) is 0 Å². The van der Waals surface area contributed by atoms with E-state index < -0.39 is 6.10 Å². The van der Waals surface area contributed by atoms with Gasteiger partial charge in [0.15, 0.2) is 25.1 Å². The van der Waals surface area contributed by atoms with Gasteiger partial charge in [0.2, 0.25) is 0 Å². The van der Waals surface area contributed by atoms with Gasteiger partial charge >= 0.3 is 0 Å². The summed E-state index contributed by atoms with van der Waals surface area (Å²) in [6.45, 7) is 0.871. The Bertz CT molecular complexity index is 240. The van der Waals surface area contributed by atoms with Crippen molar-refractivity contribution < 1.29 is 70.2 Å². The quantitative estimate of drug-likeness (QED) is 0.0848. The van der Waals surface area contributed by atoms with Crippen molar-refractivity contribution in [3.8, 4) is 0 Å². The molecule has 0 saturated carbocycles. The summed E-state index contributed by atoms with van der Waals surface area (Å²) in [5.74, 6) is 0. The Hall–Kier alpha value is -1.07. The van der Waals surface area contributed by atoms with Crippen LogP contribution in [0, 0.1) is 0 Å². The highest BCUT2D eigenvalue weighted by Crippen LogP contribution is 1.87. The first-order valence-corrected chi connectivity index (χ1v) is 5.93. The van der Waals surface area contributed by atoms with E-state index in [-0.39, 0.29) is 107 Å². The maximum Gasteiger partial charge on any atom is 0.182 e. The van der Waals surface area contributed by atoms with Crippen LogP contribution in [-0.2, 0) is 38.1 Å². The lowest BCUT2D eigenvalue weighted by Crippen LogP contribution is -2.22. The number of ether oxygens (including phenoxy) is 4. The molecular weight excluding hydrogens is 452 g/mol. The highest BCUT2D eigenvalue weighted by Gasteiger charge is 2.02. The summed E-state index contributed by atoms with van der Waals surface area (Å²) < 4.78 is 19.2. The summed E-state index contributed by atoms with van der Waals surface area (Å²) in [6, 6.07) is 0. The lowest BCUT2D eigenvalue weighted by molar-refractivity contribution is -0.122. The van der Waals surface area contributed by atoms with Crippen molar-refractivity contribution in [2.75, 3.05) is 47.1 Å². The van der Waals surface area contributed by atoms with Crippen molar-refractivity contribution in [1.29, 1.82) is 0 Å². The van der Waals surface area contributed by atoms with Crippen LogP contribution in [0.25, 0.3) is 0 Å². The van der Waals surface area contributed by atoms with E-state index in [1.54, 1.807) is 0 Å². The molecule has 0 saturated heterocycles. The Labute approximate surface area is 182 Å². The molecule has 29 heavy (non-hydrogen) atoms. The number of aliphatic hydroxyl groups excluding tert-OH is 2. The van der Waals surface area contributed by atoms with E-state index >= 15 is 0 Å². The van der Waals surface area contributed by atoms with Crippen LogP contribution in [0.15, 0.2) is 0 Å². The van der Waals surface area contributed by atoms with Crippen LogP contribution < -0.4 is 0 Å². The molecule has 0 radical (unpaired) electrons. The normalized spacial score (nSPS) is 7.69. The lowest BCUT2D eigenvalue weighted by Gasteiger charge is -2.10. The number of carbonyl (C=O) groups is 4. The Morgan fingerprint density at radius 1 is 0.724 bits per heavy atom. The molecule has 17 heteroatoms. The fourth-order valence-corrected chi connectivity index (χ4v) is 0.725. The van der Waals surface area contributed by atoms with Crippen molar-refractivity contribution in [1.82, 2.24) is 0 Å². The molecule has 0 rings (SSSR count). The summed E-state index contributed by atoms with van der Waals surface area (Å²) in [5, 5.41) is 17.4. The predicted octanol–water partition coefficient (Wildman–Crippen LogP) is -9.93. The molecule has 0 bridgehead atoms. The number of rotatable bonds is 12. The first kappa shape index (κ1) is 63.0. The van der Waals surface area contributed by atoms with Crippen LogP contribution >= 0.6 is 0 Å². The molecule has 1 unspecified atom stereocenters. The zero-order valence-electron chi connectivity index (χ0n) is 14.3. The average Bonchev–Trinajstić information content (AvgIpc) is 2.54. The molecule has 0 aliphatic rings. The van der Waals surface area contributed by atoms with Gasteiger partial charge in [0.05, 0.1) is 26.4 Å². The van der Waals surface area contributed by atoms with Crippen molar-refractivity contribution in [3.63, 3.8) is 0 Å². The first-order chi connectivity index (χ1) is 10.6. The Morgan fingerprint density at radius 3 is 1.41 bits per heavy atom. The number of methoxy groups -OCH3 is 1. The smallest absolute Gasteiger partial charge is 0.182 e.